The van der Waals surface area contributed by atoms with Crippen molar-refractivity contribution in [1.82, 2.24) is 33.5 Å². The lowest BCUT2D eigenvalue weighted by Crippen LogP contribution is -2.41. The highest BCUT2D eigenvalue weighted by atomic mass is 32.1. The van der Waals surface area contributed by atoms with Gasteiger partial charge in [0.05, 0.1) is 36.0 Å². The van der Waals surface area contributed by atoms with Crippen molar-refractivity contribution in [3.05, 3.63) is 64.4 Å². The molecule has 0 spiro atoms. The number of aromatic nitrogens is 5. The smallest absolute Gasteiger partial charge is 0.272 e. The zero-order valence-corrected chi connectivity index (χ0v) is 25.7. The SMILES string of the molecule is Cc1nnsc1C(=O)Nc1cc(C(=O)Nc2cc(C(=O)Nc3cc(C(=O)NCCN4CCOCC4)n(C)c3)n(C)c2)n(C)c1. The normalized spacial score (nSPS) is 13.5. The average molecular weight is 623 g/mol. The molecule has 5 heterocycles. The Balaban J connectivity index is 1.17. The quantitative estimate of drug-likeness (QED) is 0.207. The maximum atomic E-state index is 13.1. The molecule has 5 rings (SSSR count). The molecule has 0 atom stereocenters. The van der Waals surface area contributed by atoms with Crippen LogP contribution >= 0.6 is 11.5 Å². The molecule has 1 aliphatic rings. The summed E-state index contributed by atoms with van der Waals surface area (Å²) in [6.07, 6.45) is 4.91. The Morgan fingerprint density at radius 1 is 0.773 bits per heavy atom. The predicted molar refractivity (Wildman–Crippen MR) is 164 cm³/mol. The fourth-order valence-electron chi connectivity index (χ4n) is 4.84. The summed E-state index contributed by atoms with van der Waals surface area (Å²) < 4.78 is 14.0. The van der Waals surface area contributed by atoms with Crippen molar-refractivity contribution in [1.29, 1.82) is 0 Å². The van der Waals surface area contributed by atoms with Crippen LogP contribution < -0.4 is 21.3 Å². The van der Waals surface area contributed by atoms with E-state index in [9.17, 15) is 19.2 Å². The molecule has 0 bridgehead atoms. The first kappa shape index (κ1) is 30.7. The third kappa shape index (κ3) is 7.04. The molecule has 1 saturated heterocycles. The van der Waals surface area contributed by atoms with E-state index in [1.54, 1.807) is 78.6 Å². The van der Waals surface area contributed by atoms with Gasteiger partial charge in [0.1, 0.15) is 22.0 Å². The van der Waals surface area contributed by atoms with Crippen LogP contribution in [0.5, 0.6) is 0 Å². The molecule has 0 aliphatic carbocycles. The van der Waals surface area contributed by atoms with Gasteiger partial charge in [0.15, 0.2) is 0 Å². The van der Waals surface area contributed by atoms with Gasteiger partial charge < -0.3 is 39.7 Å². The molecular weight excluding hydrogens is 588 g/mol. The van der Waals surface area contributed by atoms with Gasteiger partial charge >= 0.3 is 0 Å². The van der Waals surface area contributed by atoms with Crippen LogP contribution in [0.25, 0.3) is 0 Å². The Labute approximate surface area is 257 Å². The van der Waals surface area contributed by atoms with Gasteiger partial charge in [-0.25, -0.2) is 0 Å². The fourth-order valence-corrected chi connectivity index (χ4v) is 5.39. The first-order valence-electron chi connectivity index (χ1n) is 13.9. The Hall–Kier alpha value is -4.80. The highest BCUT2D eigenvalue weighted by Crippen LogP contribution is 2.20. The Kier molecular flexibility index (Phi) is 9.22. The van der Waals surface area contributed by atoms with E-state index in [0.29, 0.717) is 64.5 Å². The molecule has 4 aromatic rings. The third-order valence-electron chi connectivity index (χ3n) is 7.16. The number of nitrogens with zero attached hydrogens (tertiary/aromatic N) is 6. The monoisotopic (exact) mass is 622 g/mol. The van der Waals surface area contributed by atoms with Crippen molar-refractivity contribution in [2.45, 2.75) is 6.92 Å². The predicted octanol–water partition coefficient (Wildman–Crippen LogP) is 1.68. The van der Waals surface area contributed by atoms with E-state index in [-0.39, 0.29) is 11.8 Å². The summed E-state index contributed by atoms with van der Waals surface area (Å²) in [5.41, 5.74) is 2.86. The zero-order valence-electron chi connectivity index (χ0n) is 24.8. The van der Waals surface area contributed by atoms with Crippen LogP contribution in [0.3, 0.4) is 0 Å². The van der Waals surface area contributed by atoms with E-state index in [1.807, 2.05) is 0 Å². The summed E-state index contributed by atoms with van der Waals surface area (Å²) in [4.78, 5) is 54.0. The van der Waals surface area contributed by atoms with Gasteiger partial charge in [-0.3, -0.25) is 24.1 Å². The minimum atomic E-state index is -0.423. The highest BCUT2D eigenvalue weighted by molar-refractivity contribution is 7.08. The third-order valence-corrected chi connectivity index (χ3v) is 7.99. The molecule has 15 nitrogen and oxygen atoms in total. The van der Waals surface area contributed by atoms with Crippen LogP contribution in [0.1, 0.15) is 46.8 Å². The number of hydrogen-bond donors (Lipinski definition) is 4. The molecule has 0 radical (unpaired) electrons. The first-order chi connectivity index (χ1) is 21.1. The van der Waals surface area contributed by atoms with Crippen LogP contribution in [0.4, 0.5) is 17.1 Å². The lowest BCUT2D eigenvalue weighted by atomic mass is 10.3. The Bertz CT molecular complexity index is 1690. The van der Waals surface area contributed by atoms with Gasteiger partial charge in [0.2, 0.25) is 0 Å². The molecule has 0 aromatic carbocycles. The first-order valence-corrected chi connectivity index (χ1v) is 14.7. The van der Waals surface area contributed by atoms with E-state index in [0.717, 1.165) is 31.2 Å². The number of anilines is 3. The molecule has 0 unspecified atom stereocenters. The number of morpholine rings is 1. The second-order valence-corrected chi connectivity index (χ2v) is 11.2. The van der Waals surface area contributed by atoms with Crippen LogP contribution in [0.2, 0.25) is 0 Å². The van der Waals surface area contributed by atoms with Crippen molar-refractivity contribution in [3.63, 3.8) is 0 Å². The summed E-state index contributed by atoms with van der Waals surface area (Å²) in [6.45, 7) is 6.04. The summed E-state index contributed by atoms with van der Waals surface area (Å²) in [5, 5.41) is 15.1. The number of nitrogens with one attached hydrogen (secondary N) is 4. The molecule has 4 aromatic heterocycles. The van der Waals surface area contributed by atoms with E-state index < -0.39 is 11.8 Å². The zero-order chi connectivity index (χ0) is 31.4. The summed E-state index contributed by atoms with van der Waals surface area (Å²) in [5.74, 6) is -1.42. The van der Waals surface area contributed by atoms with E-state index in [1.165, 1.54) is 0 Å². The van der Waals surface area contributed by atoms with Gasteiger partial charge in [0.25, 0.3) is 23.6 Å². The Morgan fingerprint density at radius 2 is 1.25 bits per heavy atom. The number of carbonyl (C=O) groups excluding carboxylic acids is 4. The van der Waals surface area contributed by atoms with E-state index >= 15 is 0 Å². The number of amides is 4. The molecular formula is C28H34N10O5S. The standard InChI is InChI=1S/C28H34N10O5S/c1-17-24(44-34-33-17)28(42)32-20-13-23(37(4)16-20)27(41)31-19-12-22(36(3)15-19)26(40)30-18-11-21(35(2)14-18)25(39)29-5-6-38-7-9-43-10-8-38/h11-16H,5-10H2,1-4H3,(H,29,39)(H,30,40)(H,31,41)(H,32,42). The maximum absolute atomic E-state index is 13.1. The number of carbonyl (C=O) groups is 4. The van der Waals surface area contributed by atoms with Gasteiger partial charge in [-0.1, -0.05) is 4.49 Å². The molecule has 1 fully saturated rings. The van der Waals surface area contributed by atoms with Crippen LogP contribution in [0, 0.1) is 6.92 Å². The molecule has 44 heavy (non-hydrogen) atoms. The fraction of sp³-hybridized carbons (Fsp3) is 0.357. The number of rotatable bonds is 10. The second kappa shape index (κ2) is 13.2. The van der Waals surface area contributed by atoms with Crippen molar-refractivity contribution in [2.75, 3.05) is 55.3 Å². The maximum Gasteiger partial charge on any atom is 0.272 e. The van der Waals surface area contributed by atoms with Crippen LogP contribution in [0.15, 0.2) is 36.8 Å². The lowest BCUT2D eigenvalue weighted by molar-refractivity contribution is 0.0383. The van der Waals surface area contributed by atoms with E-state index in [4.69, 9.17) is 4.74 Å². The molecule has 4 N–H and O–H groups in total. The minimum Gasteiger partial charge on any atom is -0.379 e. The van der Waals surface area contributed by atoms with Crippen molar-refractivity contribution in [3.8, 4) is 0 Å². The van der Waals surface area contributed by atoms with Crippen LogP contribution in [-0.4, -0.2) is 91.2 Å². The van der Waals surface area contributed by atoms with Gasteiger partial charge in [-0.15, -0.1) is 5.10 Å². The lowest BCUT2D eigenvalue weighted by Gasteiger charge is -2.26. The molecule has 1 aliphatic heterocycles. The van der Waals surface area contributed by atoms with Crippen molar-refractivity contribution in [2.24, 2.45) is 21.1 Å². The van der Waals surface area contributed by atoms with Gasteiger partial charge in [0, 0.05) is 65.9 Å². The van der Waals surface area contributed by atoms with Gasteiger partial charge in [-0.2, -0.15) is 0 Å². The summed E-state index contributed by atoms with van der Waals surface area (Å²) in [6, 6.07) is 4.73. The minimum absolute atomic E-state index is 0.232. The van der Waals surface area contributed by atoms with Gasteiger partial charge in [-0.05, 0) is 36.7 Å². The largest absolute Gasteiger partial charge is 0.379 e. The number of aryl methyl sites for hydroxylation is 4. The highest BCUT2D eigenvalue weighted by Gasteiger charge is 2.20. The van der Waals surface area contributed by atoms with E-state index in [2.05, 4.69) is 35.8 Å². The second-order valence-electron chi connectivity index (χ2n) is 10.4. The number of ether oxygens (including phenoxy) is 1. The molecule has 4 amide bonds. The topological polar surface area (TPSA) is 169 Å². The van der Waals surface area contributed by atoms with Crippen LogP contribution in [-0.2, 0) is 25.9 Å². The molecule has 16 heteroatoms. The van der Waals surface area contributed by atoms with Crippen molar-refractivity contribution >= 4 is 52.2 Å². The summed E-state index contributed by atoms with van der Waals surface area (Å²) in [7, 11) is 5.11. The average Bonchev–Trinajstić information content (AvgIpc) is 3.76. The summed E-state index contributed by atoms with van der Waals surface area (Å²) >= 11 is 0.995. The molecule has 232 valence electrons. The van der Waals surface area contributed by atoms with Crippen molar-refractivity contribution < 1.29 is 23.9 Å². The molecule has 0 saturated carbocycles. The Morgan fingerprint density at radius 3 is 1.73 bits per heavy atom. The number of hydrogen-bond acceptors (Lipinski definition) is 9.